The number of nitrogens with zero attached hydrogens (tertiary/aromatic N) is 14. The normalized spacial score (nSPS) is 18.4. The first-order valence-corrected chi connectivity index (χ1v) is 27.8. The summed E-state index contributed by atoms with van der Waals surface area (Å²) in [6.45, 7) is 0.594. The van der Waals surface area contributed by atoms with Crippen LogP contribution in [0.1, 0.15) is 36.4 Å². The summed E-state index contributed by atoms with van der Waals surface area (Å²) in [5, 5.41) is 33.7. The molecule has 3 unspecified atom stereocenters. The molecule has 2 aliphatic heterocycles. The number of hydrogen-bond donors (Lipinski definition) is 13. The van der Waals surface area contributed by atoms with Crippen LogP contribution in [0.15, 0.2) is 81.2 Å². The van der Waals surface area contributed by atoms with Crippen LogP contribution in [-0.4, -0.2) is 179 Å². The minimum Gasteiger partial charge on any atom is -0.390 e. The molecule has 0 aromatic carbocycles. The van der Waals surface area contributed by atoms with Crippen molar-refractivity contribution in [1.82, 2.24) is 88.9 Å². The van der Waals surface area contributed by atoms with E-state index in [2.05, 4.69) is 90.6 Å². The number of phosphoric acid groups is 1. The Morgan fingerprint density at radius 2 is 1.08 bits per heavy atom. The second kappa shape index (κ2) is 38.4. The minimum atomic E-state index is -4.73. The number of amides is 2. The van der Waals surface area contributed by atoms with E-state index in [1.165, 1.54) is 62.5 Å². The number of anilines is 4. The summed E-state index contributed by atoms with van der Waals surface area (Å²) in [6.07, 6.45) is 16.3. The van der Waals surface area contributed by atoms with E-state index in [9.17, 15) is 33.8 Å². The molecule has 9 aromatic rings. The first kappa shape index (κ1) is 82.7. The summed E-state index contributed by atoms with van der Waals surface area (Å²) in [5.41, 5.74) is 16.6. The molecule has 11 rings (SSSR count). The number of nitrogen functional groups attached to an aromatic ring is 2. The molecule has 15 N–H and O–H groups in total. The van der Waals surface area contributed by atoms with Crippen LogP contribution < -0.4 is 290 Å². The predicted octanol–water partition coefficient (Wildman–Crippen LogP) is -14.0. The molecular formula is C47H58K5N22O13P2+3. The average molecular weight is 1400 g/mol. The molecule has 0 radical (unpaired) electrons. The molecule has 2 fully saturated rings. The molecule has 42 heteroatoms. The van der Waals surface area contributed by atoms with E-state index in [0.29, 0.717) is 93.3 Å². The van der Waals surface area contributed by atoms with Gasteiger partial charge in [-0.15, -0.1) is 0 Å². The van der Waals surface area contributed by atoms with E-state index < -0.39 is 59.0 Å². The number of aliphatic hydroxyl groups is 2. The smallest absolute Gasteiger partial charge is 0.390 e. The standard InChI is InChI=1S/C24H27N12O6P.C21H25N10O7P.2CH3.5K/c25-21-19-14(1-2-17(38)27-3-4-28-22-20-23(31-10-29-20)33-12-32-22)8-36(24(19)34-11-30-21)18-7-15(37)16(42-18)9-41-43(39,40)35-6-5-26-13-35;22-18-16-11(1-2-14(33)23-3-4-24-19-17-20(27-8-25-17)29-10-28-19)6-31(21(16)30-9-26-18)15-5-12(32)13(38-15)7-37-39(34,35)36;;;;;;;/h1-2,5-6,8,10-13,15-16,18,37H,3-4,7,9H2,(H,27,38)(H,39,40)(H2,25,30,34)(H2,28,29,31,32,33);1-2,6,8-10,12-13,15,32H,3-5,7H2,(H,23,33)(H2,22,26,30)(H2,34,35,36)(H2,24,25,27,28,29);2*1H3;;;;;/q;;2*-1;5*+1/b2*2-1+;;;;;;;/t15?,16-,18-;12?,13-,15-;;;;;;;/m11......./s1. The average Bonchev–Trinajstić information content (AvgIpc) is 2.12. The summed E-state index contributed by atoms with van der Waals surface area (Å²) in [4.78, 5) is 104. The number of phosphoric ester groups is 1. The molecule has 2 amide bonds. The first-order valence-electron chi connectivity index (χ1n) is 24.7. The fourth-order valence-corrected chi connectivity index (χ4v) is 10.1. The molecule has 2 aliphatic rings. The van der Waals surface area contributed by atoms with Crippen molar-refractivity contribution in [1.29, 1.82) is 0 Å². The zero-order valence-electron chi connectivity index (χ0n) is 49.6. The Labute approximate surface area is 719 Å². The van der Waals surface area contributed by atoms with Gasteiger partial charge in [0.05, 0.1) is 48.8 Å². The molecule has 0 aliphatic carbocycles. The Hall–Kier alpha value is -0.548. The van der Waals surface area contributed by atoms with Crippen molar-refractivity contribution in [3.8, 4) is 0 Å². The maximum atomic E-state index is 12.5. The van der Waals surface area contributed by atoms with Gasteiger partial charge in [0, 0.05) is 87.1 Å². The Morgan fingerprint density at radius 3 is 1.51 bits per heavy atom. The number of carbonyl (C=O) groups excluding carboxylic acids is 2. The monoisotopic (exact) mass is 1400 g/mol. The SMILES string of the molecule is Nc1ncnc2c1c(/C=C/C(=O)NCCNc1ncnc3nc[nH]c13)cn2[C@H]1CC(O)[C@@H](COP(=O)(O)O)O1.Nc1ncnc2c1c(/C=C/C(=O)NCCNc1ncnc3nc[nH]c13)cn2[C@H]1CC(O)[C@@H](COP(=O)(O)n2ccnc2)O1.[CH3-].[CH3-].[K+].[K+].[K+].[K+].[K+]. The first-order chi connectivity index (χ1) is 39.5. The molecule has 11 heterocycles. The topological polar surface area (TPSA) is 495 Å². The van der Waals surface area contributed by atoms with Gasteiger partial charge in [-0.05, 0) is 12.2 Å². The van der Waals surface area contributed by atoms with Gasteiger partial charge in [-0.3, -0.25) is 18.6 Å². The van der Waals surface area contributed by atoms with E-state index in [0.717, 1.165) is 10.7 Å². The summed E-state index contributed by atoms with van der Waals surface area (Å²) in [7, 11) is -8.93. The largest absolute Gasteiger partial charge is 1.00 e. The number of H-pyrrole nitrogens is 2. The molecule has 7 atom stereocenters. The van der Waals surface area contributed by atoms with Crippen LogP contribution in [0.25, 0.3) is 56.5 Å². The van der Waals surface area contributed by atoms with Gasteiger partial charge in [0.1, 0.15) is 90.3 Å². The van der Waals surface area contributed by atoms with Crippen LogP contribution >= 0.6 is 15.6 Å². The van der Waals surface area contributed by atoms with Crippen LogP contribution in [0, 0.1) is 14.9 Å². The van der Waals surface area contributed by atoms with Crippen molar-refractivity contribution in [2.45, 2.75) is 49.7 Å². The third-order valence-electron chi connectivity index (χ3n) is 12.7. The summed E-state index contributed by atoms with van der Waals surface area (Å²) in [6, 6.07) is 0. The van der Waals surface area contributed by atoms with Crippen molar-refractivity contribution < 1.29 is 319 Å². The molecule has 89 heavy (non-hydrogen) atoms. The van der Waals surface area contributed by atoms with Crippen molar-refractivity contribution >= 4 is 107 Å². The van der Waals surface area contributed by atoms with Crippen molar-refractivity contribution in [3.63, 3.8) is 0 Å². The quantitative estimate of drug-likeness (QED) is 0.0104. The van der Waals surface area contributed by atoms with Crippen LogP contribution in [0.2, 0.25) is 0 Å². The number of aromatic amines is 2. The maximum Gasteiger partial charge on any atom is 1.00 e. The molecule has 0 bridgehead atoms. The minimum absolute atomic E-state index is 0. The van der Waals surface area contributed by atoms with Gasteiger partial charge in [-0.25, -0.2) is 68.3 Å². The zero-order chi connectivity index (χ0) is 57.5. The van der Waals surface area contributed by atoms with Crippen LogP contribution in [0.4, 0.5) is 23.3 Å². The molecule has 2 saturated heterocycles. The van der Waals surface area contributed by atoms with E-state index in [1.807, 2.05) is 0 Å². The van der Waals surface area contributed by atoms with Crippen molar-refractivity contribution in [3.05, 3.63) is 107 Å². The number of nitrogens with one attached hydrogen (secondary N) is 6. The third-order valence-corrected chi connectivity index (χ3v) is 14.5. The van der Waals surface area contributed by atoms with Gasteiger partial charge in [0.15, 0.2) is 22.9 Å². The van der Waals surface area contributed by atoms with Gasteiger partial charge in [-0.2, -0.15) is 0 Å². The van der Waals surface area contributed by atoms with Crippen LogP contribution in [0.3, 0.4) is 0 Å². The molecule has 35 nitrogen and oxygen atoms in total. The van der Waals surface area contributed by atoms with Gasteiger partial charge in [0.25, 0.3) is 0 Å². The van der Waals surface area contributed by atoms with Gasteiger partial charge in [-0.1, -0.05) is 0 Å². The second-order valence-electron chi connectivity index (χ2n) is 18.0. The third kappa shape index (κ3) is 21.5. The summed E-state index contributed by atoms with van der Waals surface area (Å²) in [5.74, 6) is 0.821. The molecule has 9 aromatic heterocycles. The zero-order valence-corrected chi connectivity index (χ0v) is 67.0. The molecule has 446 valence electrons. The van der Waals surface area contributed by atoms with Gasteiger partial charge >= 0.3 is 272 Å². The number of carbonyl (C=O) groups is 2. The predicted molar refractivity (Wildman–Crippen MR) is 302 cm³/mol. The fourth-order valence-electron chi connectivity index (χ4n) is 8.83. The molecule has 0 spiro atoms. The van der Waals surface area contributed by atoms with Crippen molar-refractivity contribution in [2.24, 2.45) is 0 Å². The number of fused-ring (bicyclic) bond motifs is 4. The number of rotatable bonds is 21. The Bertz CT molecular complexity index is 3910. The van der Waals surface area contributed by atoms with Gasteiger partial charge < -0.3 is 101 Å². The Morgan fingerprint density at radius 1 is 0.640 bits per heavy atom. The van der Waals surface area contributed by atoms with E-state index >= 15 is 0 Å². The summed E-state index contributed by atoms with van der Waals surface area (Å²) < 4.78 is 49.2. The molecule has 0 saturated carbocycles. The van der Waals surface area contributed by atoms with E-state index in [1.54, 1.807) is 33.7 Å². The number of aliphatic hydroxyl groups excluding tert-OH is 2. The Kier molecular flexibility index (Phi) is 35.7. The maximum absolute atomic E-state index is 12.5. The number of aromatic nitrogens is 16. The van der Waals surface area contributed by atoms with E-state index in [-0.39, 0.29) is 315 Å². The van der Waals surface area contributed by atoms with Crippen LogP contribution in [0.5, 0.6) is 0 Å². The van der Waals surface area contributed by atoms with Crippen molar-refractivity contribution in [2.75, 3.05) is 61.5 Å². The fraction of sp³-hybridized carbons (Fsp3) is 0.298. The number of ether oxygens (including phenoxy) is 2. The Balaban J connectivity index is 0.000000433. The van der Waals surface area contributed by atoms with Crippen LogP contribution in [-0.2, 0) is 37.2 Å². The number of imidazole rings is 3. The number of hydrogen-bond acceptors (Lipinski definition) is 25. The second-order valence-corrected chi connectivity index (χ2v) is 21.0. The summed E-state index contributed by atoms with van der Waals surface area (Å²) >= 11 is 0. The van der Waals surface area contributed by atoms with E-state index in [4.69, 9.17) is 35.3 Å². The van der Waals surface area contributed by atoms with Gasteiger partial charge in [0.2, 0.25) is 11.8 Å². The molecular weight excluding hydrogens is 1340 g/mol. The number of nitrogens with two attached hydrogens (primary N) is 2.